The Hall–Kier alpha value is -2.00. The standard InChI is InChI=1S/C18H23NO2/c1-4-19-14(2)17-7-5-6-8-18(17)21-13-15-9-11-16(20-3)12-10-15/h5-12,14,19H,4,13H2,1-3H3. The zero-order chi connectivity index (χ0) is 15.1. The highest BCUT2D eigenvalue weighted by Gasteiger charge is 2.10. The third-order valence-electron chi connectivity index (χ3n) is 3.45. The van der Waals surface area contributed by atoms with Gasteiger partial charge in [0.2, 0.25) is 0 Å². The molecule has 0 heterocycles. The molecule has 112 valence electrons. The fourth-order valence-corrected chi connectivity index (χ4v) is 2.27. The normalized spacial score (nSPS) is 12.0. The monoisotopic (exact) mass is 285 g/mol. The van der Waals surface area contributed by atoms with Crippen LogP contribution in [-0.4, -0.2) is 13.7 Å². The van der Waals surface area contributed by atoms with Crippen molar-refractivity contribution in [1.82, 2.24) is 5.32 Å². The van der Waals surface area contributed by atoms with E-state index in [1.54, 1.807) is 7.11 Å². The van der Waals surface area contributed by atoms with Crippen molar-refractivity contribution in [3.8, 4) is 11.5 Å². The van der Waals surface area contributed by atoms with Crippen LogP contribution in [0.4, 0.5) is 0 Å². The largest absolute Gasteiger partial charge is 0.497 e. The van der Waals surface area contributed by atoms with Gasteiger partial charge in [0.05, 0.1) is 7.11 Å². The van der Waals surface area contributed by atoms with E-state index in [9.17, 15) is 0 Å². The molecule has 0 aliphatic rings. The number of methoxy groups -OCH3 is 1. The van der Waals surface area contributed by atoms with E-state index in [0.717, 1.165) is 23.6 Å². The predicted octanol–water partition coefficient (Wildman–Crippen LogP) is 3.94. The van der Waals surface area contributed by atoms with Gasteiger partial charge in [-0.05, 0) is 37.2 Å². The summed E-state index contributed by atoms with van der Waals surface area (Å²) in [6.45, 7) is 5.75. The molecule has 1 unspecified atom stereocenters. The third kappa shape index (κ3) is 4.23. The Balaban J connectivity index is 2.05. The second-order valence-electron chi connectivity index (χ2n) is 4.95. The van der Waals surface area contributed by atoms with Crippen LogP contribution in [0.1, 0.15) is 31.0 Å². The van der Waals surface area contributed by atoms with Crippen LogP contribution in [-0.2, 0) is 6.61 Å². The van der Waals surface area contributed by atoms with E-state index in [-0.39, 0.29) is 6.04 Å². The molecule has 0 aliphatic carbocycles. The summed E-state index contributed by atoms with van der Waals surface area (Å²) >= 11 is 0. The highest BCUT2D eigenvalue weighted by molar-refractivity contribution is 5.36. The SMILES string of the molecule is CCNC(C)c1ccccc1OCc1ccc(OC)cc1. The zero-order valence-electron chi connectivity index (χ0n) is 12.9. The molecule has 0 saturated heterocycles. The molecule has 1 N–H and O–H groups in total. The minimum Gasteiger partial charge on any atom is -0.497 e. The number of hydrogen-bond donors (Lipinski definition) is 1. The molecule has 3 nitrogen and oxygen atoms in total. The molecule has 0 bridgehead atoms. The molecule has 21 heavy (non-hydrogen) atoms. The Labute approximate surface area is 126 Å². The lowest BCUT2D eigenvalue weighted by atomic mass is 10.1. The van der Waals surface area contributed by atoms with Crippen LogP contribution in [0.2, 0.25) is 0 Å². The number of benzene rings is 2. The summed E-state index contributed by atoms with van der Waals surface area (Å²) < 4.78 is 11.1. The van der Waals surface area contributed by atoms with Crippen molar-refractivity contribution in [2.45, 2.75) is 26.5 Å². The van der Waals surface area contributed by atoms with Gasteiger partial charge < -0.3 is 14.8 Å². The van der Waals surface area contributed by atoms with Crippen LogP contribution in [0.3, 0.4) is 0 Å². The van der Waals surface area contributed by atoms with E-state index in [4.69, 9.17) is 9.47 Å². The van der Waals surface area contributed by atoms with Crippen molar-refractivity contribution in [3.05, 3.63) is 59.7 Å². The molecule has 2 rings (SSSR count). The molecule has 0 radical (unpaired) electrons. The maximum absolute atomic E-state index is 5.98. The van der Waals surface area contributed by atoms with E-state index in [0.29, 0.717) is 6.61 Å². The number of nitrogens with one attached hydrogen (secondary N) is 1. The molecule has 0 amide bonds. The van der Waals surface area contributed by atoms with Crippen LogP contribution in [0.15, 0.2) is 48.5 Å². The first-order valence-electron chi connectivity index (χ1n) is 7.32. The molecule has 0 fully saturated rings. The average molecular weight is 285 g/mol. The highest BCUT2D eigenvalue weighted by Crippen LogP contribution is 2.25. The Morgan fingerprint density at radius 3 is 2.43 bits per heavy atom. The number of ether oxygens (including phenoxy) is 2. The van der Waals surface area contributed by atoms with Crippen LogP contribution >= 0.6 is 0 Å². The van der Waals surface area contributed by atoms with Crippen LogP contribution in [0.5, 0.6) is 11.5 Å². The molecular weight excluding hydrogens is 262 g/mol. The molecule has 0 aromatic heterocycles. The first-order valence-corrected chi connectivity index (χ1v) is 7.32. The number of rotatable bonds is 7. The summed E-state index contributed by atoms with van der Waals surface area (Å²) in [6.07, 6.45) is 0. The van der Waals surface area contributed by atoms with Crippen LogP contribution in [0.25, 0.3) is 0 Å². The van der Waals surface area contributed by atoms with Gasteiger partial charge in [-0.3, -0.25) is 0 Å². The first-order chi connectivity index (χ1) is 10.2. The average Bonchev–Trinajstić information content (AvgIpc) is 2.54. The Bertz CT molecular complexity index is 551. The summed E-state index contributed by atoms with van der Waals surface area (Å²) in [4.78, 5) is 0. The molecule has 0 spiro atoms. The fourth-order valence-electron chi connectivity index (χ4n) is 2.27. The van der Waals surface area contributed by atoms with Crippen molar-refractivity contribution >= 4 is 0 Å². The molecular formula is C18H23NO2. The van der Waals surface area contributed by atoms with Crippen molar-refractivity contribution in [2.24, 2.45) is 0 Å². The molecule has 2 aromatic rings. The van der Waals surface area contributed by atoms with E-state index < -0.39 is 0 Å². The van der Waals surface area contributed by atoms with Gasteiger partial charge in [0, 0.05) is 11.6 Å². The summed E-state index contributed by atoms with van der Waals surface area (Å²) in [7, 11) is 1.67. The van der Waals surface area contributed by atoms with Crippen molar-refractivity contribution in [2.75, 3.05) is 13.7 Å². The summed E-state index contributed by atoms with van der Waals surface area (Å²) in [6, 6.07) is 16.4. The van der Waals surface area contributed by atoms with Crippen molar-refractivity contribution in [3.63, 3.8) is 0 Å². The maximum Gasteiger partial charge on any atom is 0.124 e. The Kier molecular flexibility index (Phi) is 5.64. The lowest BCUT2D eigenvalue weighted by Crippen LogP contribution is -2.18. The predicted molar refractivity (Wildman–Crippen MR) is 85.9 cm³/mol. The van der Waals surface area contributed by atoms with E-state index in [1.165, 1.54) is 5.56 Å². The Morgan fingerprint density at radius 1 is 1.05 bits per heavy atom. The van der Waals surface area contributed by atoms with Gasteiger partial charge in [-0.1, -0.05) is 37.3 Å². The van der Waals surface area contributed by atoms with Gasteiger partial charge >= 0.3 is 0 Å². The quantitative estimate of drug-likeness (QED) is 0.835. The van der Waals surface area contributed by atoms with Crippen LogP contribution in [0, 0.1) is 0 Å². The Morgan fingerprint density at radius 2 is 1.76 bits per heavy atom. The summed E-state index contributed by atoms with van der Waals surface area (Å²) in [5, 5.41) is 3.42. The van der Waals surface area contributed by atoms with Crippen LogP contribution < -0.4 is 14.8 Å². The molecule has 0 saturated carbocycles. The van der Waals surface area contributed by atoms with Crippen molar-refractivity contribution in [1.29, 1.82) is 0 Å². The highest BCUT2D eigenvalue weighted by atomic mass is 16.5. The van der Waals surface area contributed by atoms with Gasteiger partial charge in [0.15, 0.2) is 0 Å². The minimum absolute atomic E-state index is 0.280. The summed E-state index contributed by atoms with van der Waals surface area (Å²) in [5.41, 5.74) is 2.31. The van der Waals surface area contributed by atoms with Crippen molar-refractivity contribution < 1.29 is 9.47 Å². The number of hydrogen-bond acceptors (Lipinski definition) is 3. The van der Waals surface area contributed by atoms with Gasteiger partial charge in [-0.2, -0.15) is 0 Å². The molecule has 3 heteroatoms. The second-order valence-corrected chi connectivity index (χ2v) is 4.95. The lowest BCUT2D eigenvalue weighted by molar-refractivity contribution is 0.299. The van der Waals surface area contributed by atoms with E-state index >= 15 is 0 Å². The maximum atomic E-state index is 5.98. The third-order valence-corrected chi connectivity index (χ3v) is 3.45. The molecule has 1 atom stereocenters. The molecule has 2 aromatic carbocycles. The zero-order valence-corrected chi connectivity index (χ0v) is 12.9. The van der Waals surface area contributed by atoms with Gasteiger partial charge in [-0.15, -0.1) is 0 Å². The minimum atomic E-state index is 0.280. The second kappa shape index (κ2) is 7.70. The first kappa shape index (κ1) is 15.4. The molecule has 0 aliphatic heterocycles. The lowest BCUT2D eigenvalue weighted by Gasteiger charge is -2.17. The van der Waals surface area contributed by atoms with Gasteiger partial charge in [-0.25, -0.2) is 0 Å². The summed E-state index contributed by atoms with van der Waals surface area (Å²) in [5.74, 6) is 1.79. The fraction of sp³-hybridized carbons (Fsp3) is 0.333. The smallest absolute Gasteiger partial charge is 0.124 e. The van der Waals surface area contributed by atoms with E-state index in [1.807, 2.05) is 42.5 Å². The van der Waals surface area contributed by atoms with E-state index in [2.05, 4.69) is 25.2 Å². The topological polar surface area (TPSA) is 30.5 Å². The van der Waals surface area contributed by atoms with Gasteiger partial charge in [0.1, 0.15) is 18.1 Å². The van der Waals surface area contributed by atoms with Gasteiger partial charge in [0.25, 0.3) is 0 Å². The number of para-hydroxylation sites is 1.